The molecule has 2 fully saturated rings. The van der Waals surface area contributed by atoms with Gasteiger partial charge in [-0.15, -0.1) is 37.2 Å². The summed E-state index contributed by atoms with van der Waals surface area (Å²) in [4.78, 5) is 17.2. The average Bonchev–Trinajstić information content (AvgIpc) is 2.65. The molecule has 29 heavy (non-hydrogen) atoms. The van der Waals surface area contributed by atoms with E-state index in [0.717, 1.165) is 69.8 Å². The van der Waals surface area contributed by atoms with Crippen molar-refractivity contribution in [3.05, 3.63) is 24.3 Å². The van der Waals surface area contributed by atoms with Gasteiger partial charge in [-0.3, -0.25) is 9.69 Å². The molecule has 0 radical (unpaired) electrons. The zero-order chi connectivity index (χ0) is 18.4. The van der Waals surface area contributed by atoms with E-state index in [4.69, 9.17) is 10.5 Å². The Hall–Kier alpha value is -0.760. The molecule has 0 unspecified atom stereocenters. The van der Waals surface area contributed by atoms with Gasteiger partial charge in [0.25, 0.3) is 0 Å². The highest BCUT2D eigenvalue weighted by atomic mass is 35.5. The Morgan fingerprint density at radius 2 is 1.62 bits per heavy atom. The summed E-state index contributed by atoms with van der Waals surface area (Å²) in [6.07, 6.45) is 4.78. The minimum absolute atomic E-state index is 0. The number of nitrogens with zero attached hydrogens (tertiary/aromatic N) is 2. The van der Waals surface area contributed by atoms with Crippen LogP contribution in [-0.4, -0.2) is 67.6 Å². The van der Waals surface area contributed by atoms with Gasteiger partial charge in [-0.1, -0.05) is 19.3 Å². The predicted molar refractivity (Wildman–Crippen MR) is 126 cm³/mol. The van der Waals surface area contributed by atoms with Crippen molar-refractivity contribution in [1.82, 2.24) is 9.80 Å². The molecule has 3 rings (SSSR count). The number of amides is 1. The third-order valence-corrected chi connectivity index (χ3v) is 5.58. The molecule has 1 aliphatic carbocycles. The van der Waals surface area contributed by atoms with E-state index in [0.29, 0.717) is 6.61 Å². The predicted octanol–water partition coefficient (Wildman–Crippen LogP) is 3.18. The lowest BCUT2D eigenvalue weighted by Crippen LogP contribution is -2.52. The molecule has 0 spiro atoms. The van der Waals surface area contributed by atoms with Crippen LogP contribution in [0.5, 0.6) is 5.75 Å². The van der Waals surface area contributed by atoms with Crippen LogP contribution in [-0.2, 0) is 4.79 Å². The Bertz CT molecular complexity index is 590. The smallest absolute Gasteiger partial charge is 0.244 e. The number of nitrogens with two attached hydrogens (primary N) is 1. The number of carbonyl (C=O) groups is 1. The second kappa shape index (κ2) is 13.5. The first-order chi connectivity index (χ1) is 12.5. The minimum atomic E-state index is -0.712. The molecule has 1 saturated carbocycles. The number of benzene rings is 1. The van der Waals surface area contributed by atoms with Crippen molar-refractivity contribution in [3.8, 4) is 5.75 Å². The summed E-state index contributed by atoms with van der Waals surface area (Å²) in [7, 11) is 2.16. The van der Waals surface area contributed by atoms with Crippen LogP contribution in [0, 0.1) is 0 Å². The van der Waals surface area contributed by atoms with Crippen molar-refractivity contribution in [2.75, 3.05) is 51.7 Å². The summed E-state index contributed by atoms with van der Waals surface area (Å²) < 4.78 is 5.84. The summed E-state index contributed by atoms with van der Waals surface area (Å²) in [5, 5.41) is 2.96. The van der Waals surface area contributed by atoms with Crippen molar-refractivity contribution in [1.29, 1.82) is 0 Å². The summed E-state index contributed by atoms with van der Waals surface area (Å²) in [6, 6.07) is 7.58. The van der Waals surface area contributed by atoms with E-state index in [1.807, 2.05) is 24.3 Å². The summed E-state index contributed by atoms with van der Waals surface area (Å²) in [5.41, 5.74) is 6.34. The molecule has 1 amide bonds. The van der Waals surface area contributed by atoms with Crippen molar-refractivity contribution in [3.63, 3.8) is 0 Å². The number of ether oxygens (including phenoxy) is 1. The highest BCUT2D eigenvalue weighted by molar-refractivity contribution is 5.98. The third kappa shape index (κ3) is 8.48. The minimum Gasteiger partial charge on any atom is -0.492 e. The Kier molecular flexibility index (Phi) is 13.2. The highest BCUT2D eigenvalue weighted by Gasteiger charge is 2.35. The topological polar surface area (TPSA) is 70.8 Å². The Balaban J connectivity index is 0.00000261. The summed E-state index contributed by atoms with van der Waals surface area (Å²) >= 11 is 0. The van der Waals surface area contributed by atoms with E-state index in [9.17, 15) is 4.79 Å². The lowest BCUT2D eigenvalue weighted by molar-refractivity contribution is -0.122. The number of halogens is 3. The molecule has 1 saturated heterocycles. The molecule has 168 valence electrons. The Labute approximate surface area is 193 Å². The number of carbonyl (C=O) groups excluding carboxylic acids is 1. The molecule has 0 bridgehead atoms. The van der Waals surface area contributed by atoms with E-state index in [1.54, 1.807) is 0 Å². The van der Waals surface area contributed by atoms with Gasteiger partial charge in [-0.25, -0.2) is 0 Å². The van der Waals surface area contributed by atoms with Crippen LogP contribution in [0.2, 0.25) is 0 Å². The molecule has 2 aliphatic rings. The lowest BCUT2D eigenvalue weighted by Gasteiger charge is -2.32. The molecule has 1 aromatic rings. The van der Waals surface area contributed by atoms with Gasteiger partial charge in [0.1, 0.15) is 12.4 Å². The fourth-order valence-corrected chi connectivity index (χ4v) is 3.66. The number of nitrogens with one attached hydrogen (secondary N) is 1. The number of hydrogen-bond acceptors (Lipinski definition) is 5. The molecule has 1 aromatic carbocycles. The van der Waals surface area contributed by atoms with E-state index >= 15 is 0 Å². The molecule has 1 heterocycles. The van der Waals surface area contributed by atoms with Crippen molar-refractivity contribution >= 4 is 48.8 Å². The molecule has 3 N–H and O–H groups in total. The average molecular weight is 470 g/mol. The summed E-state index contributed by atoms with van der Waals surface area (Å²) in [5.74, 6) is 0.762. The van der Waals surface area contributed by atoms with E-state index in [2.05, 4.69) is 22.2 Å². The number of likely N-dealkylation sites (N-methyl/N-ethyl adjacent to an activating group) is 1. The largest absolute Gasteiger partial charge is 0.492 e. The standard InChI is InChI=1S/C20H32N4O2.3ClH/c1-23-11-13-24(14-12-23)15-16-26-18-7-5-17(6-8-18)22-19(25)20(21)9-3-2-4-10-20;;;/h5-8H,2-4,9-16,21H2,1H3,(H,22,25);3*1H. The van der Waals surface area contributed by atoms with Crippen LogP contribution < -0.4 is 15.8 Å². The molecule has 0 atom stereocenters. The van der Waals surface area contributed by atoms with Gasteiger partial charge in [0.05, 0.1) is 5.54 Å². The first-order valence-corrected chi connectivity index (χ1v) is 9.79. The van der Waals surface area contributed by atoms with Crippen LogP contribution in [0.25, 0.3) is 0 Å². The summed E-state index contributed by atoms with van der Waals surface area (Å²) in [6.45, 7) is 6.08. The van der Waals surface area contributed by atoms with E-state index in [-0.39, 0.29) is 43.1 Å². The Morgan fingerprint density at radius 1 is 1.03 bits per heavy atom. The second-order valence-corrected chi connectivity index (χ2v) is 7.69. The molecular formula is C20H35Cl3N4O2. The van der Waals surface area contributed by atoms with Gasteiger partial charge in [0.2, 0.25) is 5.91 Å². The second-order valence-electron chi connectivity index (χ2n) is 7.69. The maximum atomic E-state index is 12.5. The Morgan fingerprint density at radius 3 is 2.21 bits per heavy atom. The zero-order valence-corrected chi connectivity index (χ0v) is 19.6. The van der Waals surface area contributed by atoms with Crippen LogP contribution >= 0.6 is 37.2 Å². The van der Waals surface area contributed by atoms with Crippen molar-refractivity contribution in [2.24, 2.45) is 5.73 Å². The fourth-order valence-electron chi connectivity index (χ4n) is 3.66. The quantitative estimate of drug-likeness (QED) is 0.669. The van der Waals surface area contributed by atoms with Gasteiger partial charge in [-0.2, -0.15) is 0 Å². The number of piperazine rings is 1. The number of hydrogen-bond donors (Lipinski definition) is 2. The van der Waals surface area contributed by atoms with Gasteiger partial charge < -0.3 is 20.7 Å². The van der Waals surface area contributed by atoms with Crippen LogP contribution in [0.1, 0.15) is 32.1 Å². The van der Waals surface area contributed by atoms with Gasteiger partial charge in [0.15, 0.2) is 0 Å². The maximum absolute atomic E-state index is 12.5. The molecule has 1 aliphatic heterocycles. The monoisotopic (exact) mass is 468 g/mol. The first kappa shape index (κ1) is 28.2. The molecule has 6 nitrogen and oxygen atoms in total. The van der Waals surface area contributed by atoms with Crippen LogP contribution in [0.15, 0.2) is 24.3 Å². The normalized spacial score (nSPS) is 19.1. The fraction of sp³-hybridized carbons (Fsp3) is 0.650. The lowest BCUT2D eigenvalue weighted by atomic mass is 9.82. The van der Waals surface area contributed by atoms with Crippen LogP contribution in [0.3, 0.4) is 0 Å². The van der Waals surface area contributed by atoms with Crippen molar-refractivity contribution in [2.45, 2.75) is 37.6 Å². The van der Waals surface area contributed by atoms with Gasteiger partial charge >= 0.3 is 0 Å². The molecule has 0 aromatic heterocycles. The zero-order valence-electron chi connectivity index (χ0n) is 17.1. The number of rotatable bonds is 6. The molecule has 9 heteroatoms. The van der Waals surface area contributed by atoms with E-state index in [1.165, 1.54) is 6.42 Å². The SMILES string of the molecule is CN1CCN(CCOc2ccc(NC(=O)C3(N)CCCCC3)cc2)CC1.Cl.Cl.Cl. The molecular weight excluding hydrogens is 435 g/mol. The van der Waals surface area contributed by atoms with Gasteiger partial charge in [0, 0.05) is 38.4 Å². The third-order valence-electron chi connectivity index (χ3n) is 5.58. The van der Waals surface area contributed by atoms with Crippen LogP contribution in [0.4, 0.5) is 5.69 Å². The van der Waals surface area contributed by atoms with Gasteiger partial charge in [-0.05, 0) is 44.2 Å². The highest BCUT2D eigenvalue weighted by Crippen LogP contribution is 2.27. The van der Waals surface area contributed by atoms with Crippen molar-refractivity contribution < 1.29 is 9.53 Å². The first-order valence-electron chi connectivity index (χ1n) is 9.79. The number of anilines is 1. The maximum Gasteiger partial charge on any atom is 0.244 e. The van der Waals surface area contributed by atoms with E-state index < -0.39 is 5.54 Å².